The first-order chi connectivity index (χ1) is 11.7. The maximum Gasteiger partial charge on any atom is 0.317 e. The molecule has 0 unspecified atom stereocenters. The van der Waals surface area contributed by atoms with Crippen molar-refractivity contribution in [2.75, 3.05) is 32.9 Å². The number of nitrogen functional groups attached to an aromatic ring is 1. The average Bonchev–Trinajstić information content (AvgIpc) is 2.53. The van der Waals surface area contributed by atoms with Gasteiger partial charge in [-0.1, -0.05) is 6.92 Å². The van der Waals surface area contributed by atoms with Crippen LogP contribution in [-0.4, -0.2) is 61.1 Å². The third-order valence-electron chi connectivity index (χ3n) is 4.27. The third-order valence-corrected chi connectivity index (χ3v) is 4.27. The van der Waals surface area contributed by atoms with Crippen molar-refractivity contribution in [3.8, 4) is 5.75 Å². The van der Waals surface area contributed by atoms with Gasteiger partial charge in [0.1, 0.15) is 11.9 Å². The molecule has 7 heteroatoms. The summed E-state index contributed by atoms with van der Waals surface area (Å²) in [4.78, 5) is 28.0. The number of likely N-dealkylation sites (N-methyl/N-ethyl adjacent to an activating group) is 1. The molecule has 25 heavy (non-hydrogen) atoms. The van der Waals surface area contributed by atoms with E-state index in [1.807, 2.05) is 20.8 Å². The van der Waals surface area contributed by atoms with Gasteiger partial charge in [0.2, 0.25) is 0 Å². The Balaban J connectivity index is 2.24. The van der Waals surface area contributed by atoms with Crippen LogP contribution in [0.5, 0.6) is 5.75 Å². The van der Waals surface area contributed by atoms with Crippen LogP contribution < -0.4 is 15.8 Å². The molecule has 0 saturated carbocycles. The van der Waals surface area contributed by atoms with E-state index in [1.54, 1.807) is 42.1 Å². The number of carbonyl (C=O) groups excluding carboxylic acids is 2. The lowest BCUT2D eigenvalue weighted by molar-refractivity contribution is 0.0577. The molecule has 1 aliphatic rings. The summed E-state index contributed by atoms with van der Waals surface area (Å²) in [5, 5.41) is 2.87. The number of urea groups is 1. The predicted molar refractivity (Wildman–Crippen MR) is 97.7 cm³/mol. The lowest BCUT2D eigenvalue weighted by atomic mass is 10.0. The maximum absolute atomic E-state index is 12.6. The minimum absolute atomic E-state index is 0.0638. The van der Waals surface area contributed by atoms with Gasteiger partial charge in [-0.3, -0.25) is 4.79 Å². The summed E-state index contributed by atoms with van der Waals surface area (Å²) in [7, 11) is 3.51. The molecule has 1 aliphatic heterocycles. The van der Waals surface area contributed by atoms with E-state index in [-0.39, 0.29) is 30.0 Å². The Morgan fingerprint density at radius 2 is 2.16 bits per heavy atom. The molecular formula is C18H28N4O3. The minimum Gasteiger partial charge on any atom is -0.487 e. The molecule has 0 aromatic heterocycles. The normalized spacial score (nSPS) is 20.4. The number of carbonyl (C=O) groups is 2. The number of anilines is 1. The standard InChI is InChI=1S/C18H28N4O3/c1-11(2)20-18(24)22(5)10-16-12(3)9-21(4)17(23)14-8-13(19)6-7-15(14)25-16/h6-8,11-12,16H,9-10,19H2,1-5H3,(H,20,24)/t12-,16-/m1/s1. The quantitative estimate of drug-likeness (QED) is 0.815. The lowest BCUT2D eigenvalue weighted by Crippen LogP contribution is -2.49. The first-order valence-electron chi connectivity index (χ1n) is 8.52. The Hall–Kier alpha value is -2.44. The van der Waals surface area contributed by atoms with Crippen molar-refractivity contribution in [3.05, 3.63) is 23.8 Å². The number of fused-ring (bicyclic) bond motifs is 1. The van der Waals surface area contributed by atoms with Gasteiger partial charge in [-0.25, -0.2) is 4.79 Å². The van der Waals surface area contributed by atoms with Crippen LogP contribution >= 0.6 is 0 Å². The number of nitrogens with zero attached hydrogens (tertiary/aromatic N) is 2. The smallest absolute Gasteiger partial charge is 0.317 e. The zero-order valence-corrected chi connectivity index (χ0v) is 15.6. The molecule has 0 saturated heterocycles. The van der Waals surface area contributed by atoms with Crippen molar-refractivity contribution in [2.24, 2.45) is 5.92 Å². The molecule has 1 aromatic rings. The van der Waals surface area contributed by atoms with Crippen LogP contribution in [-0.2, 0) is 0 Å². The van der Waals surface area contributed by atoms with Gasteiger partial charge in [0.25, 0.3) is 5.91 Å². The Morgan fingerprint density at radius 3 is 2.80 bits per heavy atom. The van der Waals surface area contributed by atoms with E-state index in [4.69, 9.17) is 10.5 Å². The van der Waals surface area contributed by atoms with Crippen LogP contribution in [0.3, 0.4) is 0 Å². The minimum atomic E-state index is -0.235. The summed E-state index contributed by atoms with van der Waals surface area (Å²) in [6, 6.07) is 4.99. The SMILES string of the molecule is CC(C)NC(=O)N(C)C[C@H]1Oc2ccc(N)cc2C(=O)N(C)C[C@H]1C. The van der Waals surface area contributed by atoms with Crippen LogP contribution in [0.4, 0.5) is 10.5 Å². The molecule has 138 valence electrons. The molecular weight excluding hydrogens is 320 g/mol. The second-order valence-electron chi connectivity index (χ2n) is 7.06. The van der Waals surface area contributed by atoms with Crippen LogP contribution in [0.1, 0.15) is 31.1 Å². The van der Waals surface area contributed by atoms with Gasteiger partial charge in [-0.2, -0.15) is 0 Å². The summed E-state index contributed by atoms with van der Waals surface area (Å²) < 4.78 is 6.12. The van der Waals surface area contributed by atoms with Crippen molar-refractivity contribution in [2.45, 2.75) is 32.9 Å². The van der Waals surface area contributed by atoms with E-state index in [0.717, 1.165) is 0 Å². The fourth-order valence-corrected chi connectivity index (χ4v) is 2.86. The first kappa shape index (κ1) is 18.9. The van der Waals surface area contributed by atoms with E-state index < -0.39 is 0 Å². The fraction of sp³-hybridized carbons (Fsp3) is 0.556. The number of ether oxygens (including phenoxy) is 1. The molecule has 0 fully saturated rings. The van der Waals surface area contributed by atoms with E-state index >= 15 is 0 Å². The van der Waals surface area contributed by atoms with Gasteiger partial charge >= 0.3 is 6.03 Å². The highest BCUT2D eigenvalue weighted by Crippen LogP contribution is 2.28. The summed E-state index contributed by atoms with van der Waals surface area (Å²) in [5.41, 5.74) is 6.79. The largest absolute Gasteiger partial charge is 0.487 e. The van der Waals surface area contributed by atoms with Gasteiger partial charge in [0.05, 0.1) is 12.1 Å². The Kier molecular flexibility index (Phi) is 5.77. The lowest BCUT2D eigenvalue weighted by Gasteiger charge is -2.35. The Morgan fingerprint density at radius 1 is 1.48 bits per heavy atom. The first-order valence-corrected chi connectivity index (χ1v) is 8.52. The van der Waals surface area contributed by atoms with Crippen LogP contribution in [0.25, 0.3) is 0 Å². The van der Waals surface area contributed by atoms with E-state index in [1.165, 1.54) is 0 Å². The van der Waals surface area contributed by atoms with Crippen molar-refractivity contribution in [3.63, 3.8) is 0 Å². The number of hydrogen-bond donors (Lipinski definition) is 2. The molecule has 0 aliphatic carbocycles. The van der Waals surface area contributed by atoms with Crippen molar-refractivity contribution < 1.29 is 14.3 Å². The van der Waals surface area contributed by atoms with Gasteiger partial charge in [0, 0.05) is 38.3 Å². The Labute approximate surface area is 149 Å². The average molecular weight is 348 g/mol. The molecule has 2 rings (SSSR count). The molecule has 2 atom stereocenters. The van der Waals surface area contributed by atoms with Gasteiger partial charge in [-0.05, 0) is 32.0 Å². The van der Waals surface area contributed by atoms with E-state index in [9.17, 15) is 9.59 Å². The number of hydrogen-bond acceptors (Lipinski definition) is 4. The predicted octanol–water partition coefficient (Wildman–Crippen LogP) is 1.79. The molecule has 7 nitrogen and oxygen atoms in total. The topological polar surface area (TPSA) is 87.9 Å². The van der Waals surface area contributed by atoms with E-state index in [0.29, 0.717) is 30.1 Å². The van der Waals surface area contributed by atoms with Gasteiger partial charge in [-0.15, -0.1) is 0 Å². The molecule has 0 radical (unpaired) electrons. The zero-order valence-electron chi connectivity index (χ0n) is 15.6. The maximum atomic E-state index is 12.6. The van der Waals surface area contributed by atoms with Crippen molar-refractivity contribution in [1.29, 1.82) is 0 Å². The summed E-state index contributed by atoms with van der Waals surface area (Å²) in [5.74, 6) is 0.452. The zero-order chi connectivity index (χ0) is 18.7. The highest BCUT2D eigenvalue weighted by atomic mass is 16.5. The number of rotatable bonds is 3. The summed E-state index contributed by atoms with van der Waals surface area (Å²) in [6.07, 6.45) is -0.235. The number of benzene rings is 1. The molecule has 0 bridgehead atoms. The second kappa shape index (κ2) is 7.63. The number of nitrogens with one attached hydrogen (secondary N) is 1. The Bertz CT molecular complexity index is 647. The molecule has 0 spiro atoms. The van der Waals surface area contributed by atoms with E-state index in [2.05, 4.69) is 5.32 Å². The molecule has 3 amide bonds. The van der Waals surface area contributed by atoms with Gasteiger partial charge in [0.15, 0.2) is 0 Å². The van der Waals surface area contributed by atoms with Crippen LogP contribution in [0.15, 0.2) is 18.2 Å². The number of nitrogens with two attached hydrogens (primary N) is 1. The number of amides is 3. The molecule has 3 N–H and O–H groups in total. The second-order valence-corrected chi connectivity index (χ2v) is 7.06. The molecule has 1 aromatic carbocycles. The summed E-state index contributed by atoms with van der Waals surface area (Å²) in [6.45, 7) is 6.82. The fourth-order valence-electron chi connectivity index (χ4n) is 2.86. The van der Waals surface area contributed by atoms with Gasteiger partial charge < -0.3 is 25.6 Å². The summed E-state index contributed by atoms with van der Waals surface area (Å²) >= 11 is 0. The van der Waals surface area contributed by atoms with Crippen molar-refractivity contribution >= 4 is 17.6 Å². The highest BCUT2D eigenvalue weighted by Gasteiger charge is 2.30. The monoisotopic (exact) mass is 348 g/mol. The highest BCUT2D eigenvalue weighted by molar-refractivity contribution is 5.97. The van der Waals surface area contributed by atoms with Crippen LogP contribution in [0.2, 0.25) is 0 Å². The van der Waals surface area contributed by atoms with Crippen molar-refractivity contribution in [1.82, 2.24) is 15.1 Å². The third kappa shape index (κ3) is 4.55. The molecule has 1 heterocycles. The van der Waals surface area contributed by atoms with Crippen LogP contribution in [0, 0.1) is 5.92 Å².